The fourth-order valence-electron chi connectivity index (χ4n) is 2.75. The number of carbonyl (C=O) groups is 1. The van der Waals surface area contributed by atoms with Gasteiger partial charge >= 0.3 is 0 Å². The van der Waals surface area contributed by atoms with Gasteiger partial charge in [-0.05, 0) is 72.9 Å². The molecule has 3 nitrogen and oxygen atoms in total. The molecule has 1 aliphatic carbocycles. The van der Waals surface area contributed by atoms with Crippen molar-refractivity contribution in [1.29, 1.82) is 0 Å². The van der Waals surface area contributed by atoms with Crippen LogP contribution in [0.25, 0.3) is 0 Å². The Hall–Kier alpha value is -0.620. The third kappa shape index (κ3) is 4.18. The Bertz CT molecular complexity index is 424. The quantitative estimate of drug-likeness (QED) is 0.799. The summed E-state index contributed by atoms with van der Waals surface area (Å²) < 4.78 is 1.26. The first-order valence-electron chi connectivity index (χ1n) is 6.87. The van der Waals surface area contributed by atoms with Gasteiger partial charge in [-0.1, -0.05) is 12.1 Å². The number of halogens is 1. The monoisotopic (exact) mass is 372 g/mol. The molecule has 2 rings (SSSR count). The number of hydrogen-bond acceptors (Lipinski definition) is 2. The number of nitrogens with one attached hydrogen (secondary N) is 1. The molecular formula is C15H21IN2O. The van der Waals surface area contributed by atoms with Gasteiger partial charge in [0, 0.05) is 21.6 Å². The van der Waals surface area contributed by atoms with E-state index in [-0.39, 0.29) is 11.8 Å². The van der Waals surface area contributed by atoms with Crippen LogP contribution in [0.4, 0.5) is 0 Å². The van der Waals surface area contributed by atoms with Gasteiger partial charge in [0.1, 0.15) is 0 Å². The Morgan fingerprint density at radius 1 is 1.26 bits per heavy atom. The molecule has 1 amide bonds. The third-order valence-corrected chi connectivity index (χ3v) is 4.70. The van der Waals surface area contributed by atoms with Gasteiger partial charge in [-0.15, -0.1) is 0 Å². The summed E-state index contributed by atoms with van der Waals surface area (Å²) in [5, 5.41) is 3.66. The number of rotatable bonds is 4. The second-order valence-corrected chi connectivity index (χ2v) is 6.64. The van der Waals surface area contributed by atoms with E-state index in [4.69, 9.17) is 5.73 Å². The van der Waals surface area contributed by atoms with E-state index in [0.29, 0.717) is 12.1 Å². The number of nitrogens with two attached hydrogens (primary N) is 1. The standard InChI is InChI=1S/C15H21IN2O/c1-10(11-2-6-13(16)7-3-11)18-14-8-4-12(5-9-14)15(17)19/h2-3,6-7,10,12,14,18H,4-5,8-9H2,1H3,(H2,17,19). The predicted molar refractivity (Wildman–Crippen MR) is 85.7 cm³/mol. The maximum absolute atomic E-state index is 11.1. The summed E-state index contributed by atoms with van der Waals surface area (Å²) in [4.78, 5) is 11.1. The van der Waals surface area contributed by atoms with Crippen LogP contribution in [-0.4, -0.2) is 11.9 Å². The first-order chi connectivity index (χ1) is 9.06. The lowest BCUT2D eigenvalue weighted by Gasteiger charge is -2.30. The van der Waals surface area contributed by atoms with Crippen LogP contribution in [-0.2, 0) is 4.79 Å². The number of primary amides is 1. The normalized spacial score (nSPS) is 24.9. The molecule has 0 heterocycles. The summed E-state index contributed by atoms with van der Waals surface area (Å²) >= 11 is 2.32. The number of benzene rings is 1. The minimum atomic E-state index is -0.135. The number of hydrogen-bond donors (Lipinski definition) is 2. The third-order valence-electron chi connectivity index (χ3n) is 3.99. The number of amides is 1. The van der Waals surface area contributed by atoms with Crippen molar-refractivity contribution in [2.75, 3.05) is 0 Å². The van der Waals surface area contributed by atoms with E-state index < -0.39 is 0 Å². The predicted octanol–water partition coefficient (Wildman–Crippen LogP) is 2.99. The molecule has 4 heteroatoms. The maximum atomic E-state index is 11.1. The lowest BCUT2D eigenvalue weighted by atomic mass is 9.85. The van der Waals surface area contributed by atoms with Gasteiger partial charge in [-0.25, -0.2) is 0 Å². The molecule has 0 saturated heterocycles. The first kappa shape index (κ1) is 14.8. The summed E-state index contributed by atoms with van der Waals surface area (Å²) in [6.45, 7) is 2.20. The molecule has 1 fully saturated rings. The zero-order chi connectivity index (χ0) is 13.8. The van der Waals surface area contributed by atoms with Crippen molar-refractivity contribution in [3.05, 3.63) is 33.4 Å². The smallest absolute Gasteiger partial charge is 0.220 e. The van der Waals surface area contributed by atoms with E-state index in [2.05, 4.69) is 59.1 Å². The first-order valence-corrected chi connectivity index (χ1v) is 7.95. The van der Waals surface area contributed by atoms with Crippen molar-refractivity contribution in [1.82, 2.24) is 5.32 Å². The topological polar surface area (TPSA) is 55.1 Å². The van der Waals surface area contributed by atoms with Crippen LogP contribution < -0.4 is 11.1 Å². The Kier molecular flexibility index (Phi) is 5.21. The van der Waals surface area contributed by atoms with Crippen molar-refractivity contribution < 1.29 is 4.79 Å². The van der Waals surface area contributed by atoms with Gasteiger partial charge in [-0.3, -0.25) is 4.79 Å². The fraction of sp³-hybridized carbons (Fsp3) is 0.533. The van der Waals surface area contributed by atoms with Crippen molar-refractivity contribution >= 4 is 28.5 Å². The van der Waals surface area contributed by atoms with Gasteiger partial charge < -0.3 is 11.1 Å². The van der Waals surface area contributed by atoms with Gasteiger partial charge in [0.2, 0.25) is 5.91 Å². The van der Waals surface area contributed by atoms with Crippen molar-refractivity contribution in [2.45, 2.75) is 44.7 Å². The minimum Gasteiger partial charge on any atom is -0.369 e. The van der Waals surface area contributed by atoms with Gasteiger partial charge in [0.05, 0.1) is 0 Å². The molecule has 1 aromatic rings. The molecule has 3 N–H and O–H groups in total. The van der Waals surface area contributed by atoms with Crippen LogP contribution >= 0.6 is 22.6 Å². The maximum Gasteiger partial charge on any atom is 0.220 e. The van der Waals surface area contributed by atoms with Crippen LogP contribution in [0, 0.1) is 9.49 Å². The van der Waals surface area contributed by atoms with E-state index >= 15 is 0 Å². The van der Waals surface area contributed by atoms with E-state index in [1.807, 2.05) is 0 Å². The molecule has 19 heavy (non-hydrogen) atoms. The van der Waals surface area contributed by atoms with E-state index in [9.17, 15) is 4.79 Å². The Labute approximate surface area is 128 Å². The Balaban J connectivity index is 1.85. The molecule has 0 bridgehead atoms. The lowest BCUT2D eigenvalue weighted by Crippen LogP contribution is -2.37. The molecule has 1 saturated carbocycles. The highest BCUT2D eigenvalue weighted by molar-refractivity contribution is 14.1. The van der Waals surface area contributed by atoms with Gasteiger partial charge in [-0.2, -0.15) is 0 Å². The molecule has 0 radical (unpaired) electrons. The molecule has 0 spiro atoms. The molecule has 1 atom stereocenters. The van der Waals surface area contributed by atoms with E-state index in [1.54, 1.807) is 0 Å². The molecule has 0 aliphatic heterocycles. The van der Waals surface area contributed by atoms with Crippen LogP contribution in [0.2, 0.25) is 0 Å². The SMILES string of the molecule is CC(NC1CCC(C(N)=O)CC1)c1ccc(I)cc1. The molecule has 0 aromatic heterocycles. The van der Waals surface area contributed by atoms with Crippen LogP contribution in [0.3, 0.4) is 0 Å². The van der Waals surface area contributed by atoms with Gasteiger partial charge in [0.25, 0.3) is 0 Å². The summed E-state index contributed by atoms with van der Waals surface area (Å²) in [7, 11) is 0. The number of carbonyl (C=O) groups excluding carboxylic acids is 1. The molecule has 1 aliphatic rings. The highest BCUT2D eigenvalue weighted by atomic mass is 127. The average Bonchev–Trinajstić information content (AvgIpc) is 2.40. The summed E-state index contributed by atoms with van der Waals surface area (Å²) in [6.07, 6.45) is 3.93. The van der Waals surface area contributed by atoms with E-state index in [0.717, 1.165) is 25.7 Å². The molecular weight excluding hydrogens is 351 g/mol. The zero-order valence-electron chi connectivity index (χ0n) is 11.2. The highest BCUT2D eigenvalue weighted by Crippen LogP contribution is 2.26. The van der Waals surface area contributed by atoms with Crippen molar-refractivity contribution in [3.63, 3.8) is 0 Å². The second kappa shape index (κ2) is 6.70. The highest BCUT2D eigenvalue weighted by Gasteiger charge is 2.25. The second-order valence-electron chi connectivity index (χ2n) is 5.39. The minimum absolute atomic E-state index is 0.0895. The summed E-state index contributed by atoms with van der Waals surface area (Å²) in [5.41, 5.74) is 6.68. The largest absolute Gasteiger partial charge is 0.369 e. The lowest BCUT2D eigenvalue weighted by molar-refractivity contribution is -0.122. The molecule has 1 unspecified atom stereocenters. The van der Waals surface area contributed by atoms with Gasteiger partial charge in [0.15, 0.2) is 0 Å². The fourth-order valence-corrected chi connectivity index (χ4v) is 3.11. The Morgan fingerprint density at radius 3 is 2.37 bits per heavy atom. The van der Waals surface area contributed by atoms with E-state index in [1.165, 1.54) is 9.13 Å². The molecule has 1 aromatic carbocycles. The van der Waals surface area contributed by atoms with Crippen LogP contribution in [0.1, 0.15) is 44.2 Å². The summed E-state index contributed by atoms with van der Waals surface area (Å²) in [5.74, 6) is -0.0456. The average molecular weight is 372 g/mol. The van der Waals surface area contributed by atoms with Crippen molar-refractivity contribution in [3.8, 4) is 0 Å². The Morgan fingerprint density at radius 2 is 1.84 bits per heavy atom. The van der Waals surface area contributed by atoms with Crippen molar-refractivity contribution in [2.24, 2.45) is 11.7 Å². The zero-order valence-corrected chi connectivity index (χ0v) is 13.4. The van der Waals surface area contributed by atoms with Crippen LogP contribution in [0.15, 0.2) is 24.3 Å². The summed E-state index contributed by atoms with van der Waals surface area (Å²) in [6, 6.07) is 9.48. The van der Waals surface area contributed by atoms with Crippen LogP contribution in [0.5, 0.6) is 0 Å². The molecule has 104 valence electrons.